The van der Waals surface area contributed by atoms with E-state index in [-0.39, 0.29) is 62.8 Å². The van der Waals surface area contributed by atoms with E-state index in [4.69, 9.17) is 42.8 Å². The SMILES string of the molecule is CCC(CC)Nc1c([N+](=O)[O-])cc(C)c(C)c1[N+](=O)[O-].CCOC(=O)C(Cl)Cc1cc(-n2nc(C)n(C(F)F)c2=O)c(F)cc1Cl.O=C(O)CNCP(=O)(O)O. The maximum absolute atomic E-state index is 14.2. The minimum atomic E-state index is -4.10. The third kappa shape index (κ3) is 14.5. The number of aryl methyl sites for hydroxylation is 2. The minimum Gasteiger partial charge on any atom is -0.480 e. The third-order valence-corrected chi connectivity index (χ3v) is 8.88. The quantitative estimate of drug-likeness (QED) is 0.0377. The van der Waals surface area contributed by atoms with Crippen LogP contribution in [0.1, 0.15) is 62.7 Å². The fourth-order valence-corrected chi connectivity index (χ4v) is 5.53. The number of esters is 1. The lowest BCUT2D eigenvalue weighted by Gasteiger charge is -2.17. The summed E-state index contributed by atoms with van der Waals surface area (Å²) in [6, 6.07) is 3.38. The molecule has 3 rings (SSSR count). The Hall–Kier alpha value is -4.60. The highest BCUT2D eigenvalue weighted by Crippen LogP contribution is 2.39. The Morgan fingerprint density at radius 2 is 1.66 bits per heavy atom. The number of ether oxygens (including phenoxy) is 1. The zero-order valence-electron chi connectivity index (χ0n) is 30.8. The second-order valence-electron chi connectivity index (χ2n) is 11.6. The number of carboxylic acids is 1. The van der Waals surface area contributed by atoms with E-state index < -0.39 is 65.6 Å². The van der Waals surface area contributed by atoms with Gasteiger partial charge in [0, 0.05) is 29.1 Å². The van der Waals surface area contributed by atoms with E-state index in [1.165, 1.54) is 13.0 Å². The number of hydrogen-bond donors (Lipinski definition) is 5. The fourth-order valence-electron chi connectivity index (χ4n) is 4.67. The number of nitro benzene ring substituents is 2. The summed E-state index contributed by atoms with van der Waals surface area (Å²) in [5.41, 5.74) is -0.811. The molecule has 1 heterocycles. The average molecular weight is 863 g/mol. The lowest BCUT2D eigenvalue weighted by atomic mass is 10.0. The highest BCUT2D eigenvalue weighted by molar-refractivity contribution is 7.51. The van der Waals surface area contributed by atoms with Crippen molar-refractivity contribution in [3.63, 3.8) is 0 Å². The van der Waals surface area contributed by atoms with Crippen molar-refractivity contribution < 1.29 is 56.8 Å². The molecule has 0 radical (unpaired) electrons. The number of nitrogens with zero attached hydrogens (tertiary/aromatic N) is 5. The van der Waals surface area contributed by atoms with Gasteiger partial charge >= 0.3 is 37.5 Å². The molecule has 2 aromatic carbocycles. The highest BCUT2D eigenvalue weighted by atomic mass is 35.5. The Bertz CT molecular complexity index is 1990. The molecule has 56 heavy (non-hydrogen) atoms. The molecular weight excluding hydrogens is 821 g/mol. The predicted octanol–water partition coefficient (Wildman–Crippen LogP) is 5.76. The highest BCUT2D eigenvalue weighted by Gasteiger charge is 2.30. The van der Waals surface area contributed by atoms with Crippen LogP contribution < -0.4 is 16.3 Å². The fraction of sp³-hybridized carbons (Fsp3) is 0.484. The normalized spacial score (nSPS) is 11.6. The number of aromatic nitrogens is 3. The van der Waals surface area contributed by atoms with E-state index in [1.807, 2.05) is 13.8 Å². The number of anilines is 1. The molecular formula is C31H41Cl2F3N7O12P. The van der Waals surface area contributed by atoms with Gasteiger partial charge in [-0.2, -0.15) is 13.5 Å². The molecule has 0 spiro atoms. The summed E-state index contributed by atoms with van der Waals surface area (Å²) in [6.07, 6.45) is 0.755. The summed E-state index contributed by atoms with van der Waals surface area (Å²) in [6.45, 7) is 6.47. The van der Waals surface area contributed by atoms with Gasteiger partial charge in [-0.25, -0.2) is 13.8 Å². The number of halogens is 5. The molecule has 25 heteroatoms. The van der Waals surface area contributed by atoms with E-state index in [0.29, 0.717) is 15.8 Å². The van der Waals surface area contributed by atoms with Gasteiger partial charge in [0.2, 0.25) is 0 Å². The number of rotatable bonds is 16. The van der Waals surface area contributed by atoms with E-state index >= 15 is 0 Å². The summed E-state index contributed by atoms with van der Waals surface area (Å²) in [7, 11) is -4.10. The standard InChI is InChI=1S/C15H14Cl2F3N3O3.C13H19N3O4.C3H8NO5P/c1-3-26-13(24)10(17)4-8-5-12(11(18)6-9(8)16)23-15(25)22(14(19)20)7(2)21-23;1-5-10(6-2)14-12-11(15(17)18)7-8(3)9(4)13(12)16(19)20;5-3(6)1-4-2-10(7,8)9/h5-6,10,14H,3-4H2,1-2H3;7,10,14H,5-6H2,1-4H3;4H,1-2H2,(H,5,6)(H2,7,8,9). The Labute approximate surface area is 327 Å². The second kappa shape index (κ2) is 22.2. The van der Waals surface area contributed by atoms with Crippen LogP contribution in [0.25, 0.3) is 5.69 Å². The molecule has 0 saturated carbocycles. The molecule has 1 atom stereocenters. The van der Waals surface area contributed by atoms with E-state index in [1.54, 1.807) is 20.8 Å². The average Bonchev–Trinajstić information content (AvgIpc) is 3.38. The van der Waals surface area contributed by atoms with Crippen LogP contribution in [-0.4, -0.2) is 81.9 Å². The molecule has 19 nitrogen and oxygen atoms in total. The summed E-state index contributed by atoms with van der Waals surface area (Å²) < 4.78 is 55.5. The van der Waals surface area contributed by atoms with Gasteiger partial charge in [-0.15, -0.1) is 16.7 Å². The van der Waals surface area contributed by atoms with Crippen molar-refractivity contribution in [1.29, 1.82) is 0 Å². The molecule has 5 N–H and O–H groups in total. The molecule has 0 amide bonds. The van der Waals surface area contributed by atoms with Gasteiger partial charge in [0.1, 0.15) is 16.9 Å². The number of alkyl halides is 3. The topological polar surface area (TPSA) is 271 Å². The summed E-state index contributed by atoms with van der Waals surface area (Å²) >= 11 is 11.9. The van der Waals surface area contributed by atoms with Crippen molar-refractivity contribution in [3.05, 3.63) is 82.3 Å². The zero-order valence-corrected chi connectivity index (χ0v) is 33.2. The first-order valence-electron chi connectivity index (χ1n) is 16.3. The van der Waals surface area contributed by atoms with Crippen LogP contribution in [0.15, 0.2) is 23.0 Å². The number of nitro groups is 2. The first-order valence-corrected chi connectivity index (χ1v) is 18.9. The van der Waals surface area contributed by atoms with Crippen molar-refractivity contribution in [1.82, 2.24) is 19.7 Å². The number of benzene rings is 2. The van der Waals surface area contributed by atoms with Gasteiger partial charge in [0.25, 0.3) is 5.69 Å². The largest absolute Gasteiger partial charge is 0.480 e. The van der Waals surface area contributed by atoms with Crippen molar-refractivity contribution in [2.45, 2.75) is 78.8 Å². The van der Waals surface area contributed by atoms with Crippen LogP contribution in [0.2, 0.25) is 5.02 Å². The lowest BCUT2D eigenvalue weighted by molar-refractivity contribution is -0.392. The minimum absolute atomic E-state index is 0.0109. The number of carboxylic acid groups (broad SMARTS) is 1. The van der Waals surface area contributed by atoms with Gasteiger partial charge in [-0.1, -0.05) is 25.4 Å². The van der Waals surface area contributed by atoms with Crippen molar-refractivity contribution in [2.75, 3.05) is 24.8 Å². The molecule has 0 aliphatic carbocycles. The summed E-state index contributed by atoms with van der Waals surface area (Å²) in [5.74, 6) is -3.07. The number of carbonyl (C=O) groups excluding carboxylic acids is 1. The van der Waals surface area contributed by atoms with E-state index in [9.17, 15) is 52.3 Å². The van der Waals surface area contributed by atoms with E-state index in [2.05, 4.69) is 15.7 Å². The van der Waals surface area contributed by atoms with Crippen LogP contribution >= 0.6 is 30.8 Å². The van der Waals surface area contributed by atoms with Gasteiger partial charge in [0.05, 0.1) is 29.3 Å². The van der Waals surface area contributed by atoms with Crippen LogP contribution in [0.5, 0.6) is 0 Å². The second-order valence-corrected chi connectivity index (χ2v) is 14.2. The maximum atomic E-state index is 14.2. The van der Waals surface area contributed by atoms with E-state index in [0.717, 1.165) is 25.0 Å². The van der Waals surface area contributed by atoms with Gasteiger partial charge in [-0.05, 0) is 63.8 Å². The molecule has 312 valence electrons. The molecule has 0 aliphatic rings. The number of aliphatic carboxylic acids is 1. The Morgan fingerprint density at radius 3 is 2.11 bits per heavy atom. The van der Waals surface area contributed by atoms with Crippen molar-refractivity contribution in [3.8, 4) is 5.69 Å². The smallest absolute Gasteiger partial charge is 0.355 e. The van der Waals surface area contributed by atoms with Crippen LogP contribution in [0.4, 0.5) is 30.2 Å². The molecule has 0 saturated heterocycles. The monoisotopic (exact) mass is 861 g/mol. The Morgan fingerprint density at radius 1 is 1.07 bits per heavy atom. The lowest BCUT2D eigenvalue weighted by Crippen LogP contribution is -2.25. The number of carbonyl (C=O) groups is 2. The van der Waals surface area contributed by atoms with Gasteiger partial charge in [0.15, 0.2) is 11.5 Å². The van der Waals surface area contributed by atoms with Crippen molar-refractivity contribution in [2.24, 2.45) is 0 Å². The zero-order chi connectivity index (χ0) is 43.2. The molecule has 0 fully saturated rings. The van der Waals surface area contributed by atoms with Crippen LogP contribution in [0, 0.1) is 46.8 Å². The number of nitrogens with one attached hydrogen (secondary N) is 2. The first kappa shape index (κ1) is 49.4. The summed E-state index contributed by atoms with van der Waals surface area (Å²) in [4.78, 5) is 71.2. The molecule has 3 aromatic rings. The molecule has 1 unspecified atom stereocenters. The van der Waals surface area contributed by atoms with Gasteiger partial charge < -0.3 is 24.9 Å². The third-order valence-electron chi connectivity index (χ3n) is 7.56. The Kier molecular flexibility index (Phi) is 19.6. The first-order chi connectivity index (χ1) is 25.9. The molecule has 0 bridgehead atoms. The Balaban J connectivity index is 0.000000462. The predicted molar refractivity (Wildman–Crippen MR) is 199 cm³/mol. The van der Waals surface area contributed by atoms with Crippen LogP contribution in [-0.2, 0) is 25.3 Å². The maximum Gasteiger partial charge on any atom is 0.355 e. The van der Waals surface area contributed by atoms with Crippen LogP contribution in [0.3, 0.4) is 0 Å². The van der Waals surface area contributed by atoms with Gasteiger partial charge in [-0.3, -0.25) is 39.7 Å². The number of hydrogen-bond acceptors (Lipinski definition) is 12. The summed E-state index contributed by atoms with van der Waals surface area (Å²) in [5, 5.41) is 38.0. The van der Waals surface area contributed by atoms with Crippen molar-refractivity contribution >= 4 is 59.8 Å². The molecule has 0 aliphatic heterocycles. The molecule has 1 aromatic heterocycles.